The molecule has 1 heterocycles. The topological polar surface area (TPSA) is 73.2 Å². The summed E-state index contributed by atoms with van der Waals surface area (Å²) in [4.78, 5) is 16.5. The number of unbranched alkanes of at least 4 members (excludes halogenated alkanes) is 1. The van der Waals surface area contributed by atoms with Crippen molar-refractivity contribution in [3.05, 3.63) is 59.9 Å². The van der Waals surface area contributed by atoms with E-state index in [-0.39, 0.29) is 5.82 Å². The molecule has 1 unspecified atom stereocenters. The maximum absolute atomic E-state index is 13.0. The number of halogens is 1. The molecule has 1 saturated heterocycles. The predicted octanol–water partition coefficient (Wildman–Crippen LogP) is 3.40. The van der Waals surface area contributed by atoms with Crippen LogP contribution in [0, 0.1) is 5.82 Å². The molecule has 33 heavy (non-hydrogen) atoms. The third-order valence-corrected chi connectivity index (χ3v) is 6.42. The van der Waals surface area contributed by atoms with Gasteiger partial charge in [-0.3, -0.25) is 4.79 Å². The van der Waals surface area contributed by atoms with Crippen molar-refractivity contribution in [3.63, 3.8) is 0 Å². The summed E-state index contributed by atoms with van der Waals surface area (Å²) in [7, 11) is 1.60. The minimum atomic E-state index is -1.50. The standard InChI is InChI=1S/C26H35FN2O4/c1-3-4-19-33-23-11-9-22(10-12-23)28(2)25(31)24(30)26(32)14-17-29(18-15-26)16-13-20-5-7-21(27)8-6-20/h5-12,24,30,32H,3-4,13-19H2,1-2H3. The first-order chi connectivity index (χ1) is 15.8. The van der Waals surface area contributed by atoms with Crippen LogP contribution in [0.2, 0.25) is 0 Å². The Bertz CT molecular complexity index is 880. The molecule has 0 bridgehead atoms. The molecule has 3 rings (SSSR count). The van der Waals surface area contributed by atoms with Crippen molar-refractivity contribution in [2.45, 2.75) is 50.7 Å². The third-order valence-electron chi connectivity index (χ3n) is 6.42. The third kappa shape index (κ3) is 6.76. The van der Waals surface area contributed by atoms with E-state index in [0.29, 0.717) is 38.2 Å². The zero-order valence-corrected chi connectivity index (χ0v) is 19.5. The number of piperidine rings is 1. The summed E-state index contributed by atoms with van der Waals surface area (Å²) >= 11 is 0. The van der Waals surface area contributed by atoms with Gasteiger partial charge in [0.25, 0.3) is 5.91 Å². The smallest absolute Gasteiger partial charge is 0.258 e. The van der Waals surface area contributed by atoms with Crippen molar-refractivity contribution >= 4 is 11.6 Å². The van der Waals surface area contributed by atoms with Gasteiger partial charge < -0.3 is 24.7 Å². The summed E-state index contributed by atoms with van der Waals surface area (Å²) in [5.41, 5.74) is 0.221. The molecule has 1 aliphatic heterocycles. The molecule has 0 aromatic heterocycles. The highest BCUT2D eigenvalue weighted by Crippen LogP contribution is 2.28. The Hall–Kier alpha value is -2.48. The summed E-state index contributed by atoms with van der Waals surface area (Å²) < 4.78 is 18.7. The van der Waals surface area contributed by atoms with Crippen LogP contribution in [0.4, 0.5) is 10.1 Å². The van der Waals surface area contributed by atoms with E-state index in [1.165, 1.54) is 17.0 Å². The van der Waals surface area contributed by atoms with Crippen LogP contribution < -0.4 is 9.64 Å². The number of aliphatic hydroxyl groups is 2. The highest BCUT2D eigenvalue weighted by Gasteiger charge is 2.43. The van der Waals surface area contributed by atoms with Gasteiger partial charge in [0.2, 0.25) is 0 Å². The summed E-state index contributed by atoms with van der Waals surface area (Å²) in [5.74, 6) is -0.0428. The molecule has 0 saturated carbocycles. The van der Waals surface area contributed by atoms with Crippen LogP contribution in [0.1, 0.15) is 38.2 Å². The van der Waals surface area contributed by atoms with E-state index >= 15 is 0 Å². The Labute approximate surface area is 195 Å². The molecule has 0 spiro atoms. The van der Waals surface area contributed by atoms with Crippen molar-refractivity contribution in [3.8, 4) is 5.75 Å². The Kier molecular flexibility index (Phi) is 8.83. The molecule has 1 atom stereocenters. The van der Waals surface area contributed by atoms with Crippen LogP contribution in [0.3, 0.4) is 0 Å². The molecular weight excluding hydrogens is 423 g/mol. The number of carbonyl (C=O) groups excluding carboxylic acids is 1. The number of benzene rings is 2. The van der Waals surface area contributed by atoms with Crippen molar-refractivity contribution in [2.75, 3.05) is 38.2 Å². The first-order valence-electron chi connectivity index (χ1n) is 11.7. The Morgan fingerprint density at radius 2 is 1.79 bits per heavy atom. The zero-order chi connectivity index (χ0) is 23.8. The summed E-state index contributed by atoms with van der Waals surface area (Å²) in [6.07, 6.45) is 1.93. The molecule has 0 aliphatic carbocycles. The van der Waals surface area contributed by atoms with Crippen LogP contribution in [-0.4, -0.2) is 66.0 Å². The number of anilines is 1. The Balaban J connectivity index is 1.50. The summed E-state index contributed by atoms with van der Waals surface area (Å²) in [6, 6.07) is 13.6. The van der Waals surface area contributed by atoms with E-state index in [9.17, 15) is 19.4 Å². The molecule has 7 heteroatoms. The number of hydrogen-bond donors (Lipinski definition) is 2. The Morgan fingerprint density at radius 1 is 1.15 bits per heavy atom. The molecule has 1 amide bonds. The number of rotatable bonds is 10. The summed E-state index contributed by atoms with van der Waals surface area (Å²) in [6.45, 7) is 4.69. The minimum absolute atomic E-state index is 0.248. The van der Waals surface area contributed by atoms with E-state index in [2.05, 4.69) is 11.8 Å². The monoisotopic (exact) mass is 458 g/mol. The molecule has 0 radical (unpaired) electrons. The molecule has 2 N–H and O–H groups in total. The number of hydrogen-bond acceptors (Lipinski definition) is 5. The zero-order valence-electron chi connectivity index (χ0n) is 19.5. The van der Waals surface area contributed by atoms with Crippen LogP contribution in [0.25, 0.3) is 0 Å². The lowest BCUT2D eigenvalue weighted by molar-refractivity contribution is -0.149. The van der Waals surface area contributed by atoms with Crippen molar-refractivity contribution < 1.29 is 24.1 Å². The Morgan fingerprint density at radius 3 is 2.39 bits per heavy atom. The molecule has 2 aromatic rings. The molecule has 1 fully saturated rings. The van der Waals surface area contributed by atoms with E-state index in [4.69, 9.17) is 4.74 Å². The van der Waals surface area contributed by atoms with Gasteiger partial charge in [-0.15, -0.1) is 0 Å². The lowest BCUT2D eigenvalue weighted by Crippen LogP contribution is -2.57. The van der Waals surface area contributed by atoms with Crippen LogP contribution >= 0.6 is 0 Å². The fourth-order valence-corrected chi connectivity index (χ4v) is 4.02. The molecular formula is C26H35FN2O4. The summed E-state index contributed by atoms with van der Waals surface area (Å²) in [5, 5.41) is 21.7. The second-order valence-corrected chi connectivity index (χ2v) is 8.82. The van der Waals surface area contributed by atoms with Crippen molar-refractivity contribution in [1.82, 2.24) is 4.90 Å². The maximum atomic E-state index is 13.0. The lowest BCUT2D eigenvalue weighted by Gasteiger charge is -2.41. The number of aliphatic hydroxyl groups excluding tert-OH is 1. The van der Waals surface area contributed by atoms with Gasteiger partial charge in [0.1, 0.15) is 17.2 Å². The van der Waals surface area contributed by atoms with Gasteiger partial charge in [-0.1, -0.05) is 25.5 Å². The van der Waals surface area contributed by atoms with E-state index in [0.717, 1.165) is 37.1 Å². The van der Waals surface area contributed by atoms with Gasteiger partial charge in [0.05, 0.1) is 6.61 Å². The minimum Gasteiger partial charge on any atom is -0.494 e. The second-order valence-electron chi connectivity index (χ2n) is 8.82. The first-order valence-corrected chi connectivity index (χ1v) is 11.7. The fraction of sp³-hybridized carbons (Fsp3) is 0.500. The first kappa shape index (κ1) is 25.1. The van der Waals surface area contributed by atoms with Crippen LogP contribution in [-0.2, 0) is 11.2 Å². The van der Waals surface area contributed by atoms with E-state index in [1.54, 1.807) is 43.4 Å². The number of nitrogens with zero attached hydrogens (tertiary/aromatic N) is 2. The normalized spacial score (nSPS) is 16.9. The maximum Gasteiger partial charge on any atom is 0.258 e. The highest BCUT2D eigenvalue weighted by molar-refractivity contribution is 5.96. The van der Waals surface area contributed by atoms with Crippen LogP contribution in [0.15, 0.2) is 48.5 Å². The number of carbonyl (C=O) groups is 1. The number of amides is 1. The molecule has 1 aliphatic rings. The van der Waals surface area contributed by atoms with Gasteiger partial charge in [-0.05, 0) is 67.6 Å². The molecule has 6 nitrogen and oxygen atoms in total. The van der Waals surface area contributed by atoms with Crippen molar-refractivity contribution in [1.29, 1.82) is 0 Å². The SMILES string of the molecule is CCCCOc1ccc(N(C)C(=O)C(O)C2(O)CCN(CCc3ccc(F)cc3)CC2)cc1. The van der Waals surface area contributed by atoms with Gasteiger partial charge in [-0.25, -0.2) is 4.39 Å². The van der Waals surface area contributed by atoms with E-state index in [1.807, 2.05) is 0 Å². The van der Waals surface area contributed by atoms with Gasteiger partial charge >= 0.3 is 0 Å². The predicted molar refractivity (Wildman–Crippen MR) is 127 cm³/mol. The van der Waals surface area contributed by atoms with Crippen LogP contribution in [0.5, 0.6) is 5.75 Å². The average molecular weight is 459 g/mol. The van der Waals surface area contributed by atoms with E-state index < -0.39 is 17.6 Å². The van der Waals surface area contributed by atoms with Crippen molar-refractivity contribution in [2.24, 2.45) is 0 Å². The quantitative estimate of drug-likeness (QED) is 0.534. The van der Waals surface area contributed by atoms with Gasteiger partial charge in [-0.2, -0.15) is 0 Å². The molecule has 2 aromatic carbocycles. The largest absolute Gasteiger partial charge is 0.494 e. The van der Waals surface area contributed by atoms with Gasteiger partial charge in [0, 0.05) is 32.4 Å². The van der Waals surface area contributed by atoms with Gasteiger partial charge in [0.15, 0.2) is 6.10 Å². The average Bonchev–Trinajstić information content (AvgIpc) is 2.84. The lowest BCUT2D eigenvalue weighted by atomic mass is 9.85. The number of likely N-dealkylation sites (tertiary alicyclic amines) is 1. The fourth-order valence-electron chi connectivity index (χ4n) is 4.02. The second kappa shape index (κ2) is 11.6. The number of likely N-dealkylation sites (N-methyl/N-ethyl adjacent to an activating group) is 1. The molecule has 180 valence electrons. The highest BCUT2D eigenvalue weighted by atomic mass is 19.1. The number of ether oxygens (including phenoxy) is 1.